The highest BCUT2D eigenvalue weighted by molar-refractivity contribution is 5.76. The Morgan fingerprint density at radius 2 is 2.21 bits per heavy atom. The summed E-state index contributed by atoms with van der Waals surface area (Å²) in [5.41, 5.74) is 0. The van der Waals surface area contributed by atoms with Gasteiger partial charge in [-0.2, -0.15) is 13.2 Å². The van der Waals surface area contributed by atoms with Crippen molar-refractivity contribution in [1.82, 2.24) is 10.6 Å². The first-order valence-corrected chi connectivity index (χ1v) is 4.54. The number of carbonyl (C=O) groups excluding carboxylic acids is 1. The Hall–Kier alpha value is -0.780. The maximum Gasteiger partial charge on any atom is 0.397 e. The molecule has 0 radical (unpaired) electrons. The van der Waals surface area contributed by atoms with Crippen molar-refractivity contribution in [3.8, 4) is 0 Å². The monoisotopic (exact) mass is 210 g/mol. The molecule has 1 aliphatic rings. The molecule has 0 aromatic rings. The van der Waals surface area contributed by atoms with Gasteiger partial charge < -0.3 is 10.6 Å². The zero-order valence-corrected chi connectivity index (χ0v) is 7.66. The van der Waals surface area contributed by atoms with Gasteiger partial charge in [0.25, 0.3) is 0 Å². The third kappa shape index (κ3) is 4.45. The minimum atomic E-state index is -4.41. The van der Waals surface area contributed by atoms with Gasteiger partial charge in [0.15, 0.2) is 0 Å². The van der Waals surface area contributed by atoms with Crippen LogP contribution in [-0.4, -0.2) is 31.2 Å². The van der Waals surface area contributed by atoms with E-state index in [9.17, 15) is 18.0 Å². The predicted octanol–water partition coefficient (Wildman–Crippen LogP) is 0.807. The lowest BCUT2D eigenvalue weighted by molar-refractivity contribution is -0.154. The van der Waals surface area contributed by atoms with Crippen LogP contribution >= 0.6 is 0 Å². The van der Waals surface area contributed by atoms with Gasteiger partial charge in [-0.1, -0.05) is 0 Å². The maximum atomic E-state index is 11.8. The molecule has 82 valence electrons. The summed E-state index contributed by atoms with van der Waals surface area (Å²) in [5.74, 6) is -0.939. The molecule has 0 aromatic heterocycles. The van der Waals surface area contributed by atoms with Crippen LogP contribution in [0.4, 0.5) is 13.2 Å². The van der Waals surface area contributed by atoms with Crippen molar-refractivity contribution >= 4 is 5.91 Å². The lowest BCUT2D eigenvalue weighted by Crippen LogP contribution is -2.46. The van der Waals surface area contributed by atoms with Gasteiger partial charge in [0.05, 0.1) is 0 Å². The highest BCUT2D eigenvalue weighted by atomic mass is 19.4. The zero-order chi connectivity index (χ0) is 10.6. The average molecular weight is 210 g/mol. The fourth-order valence-electron chi connectivity index (χ4n) is 1.44. The third-order valence-corrected chi connectivity index (χ3v) is 2.02. The summed E-state index contributed by atoms with van der Waals surface area (Å²) < 4.78 is 35.4. The van der Waals surface area contributed by atoms with E-state index in [0.717, 1.165) is 19.4 Å². The minimum Gasteiger partial charge on any atom is -0.352 e. The SMILES string of the molecule is O=C(CC(F)(F)F)NC1CCCNC1. The number of hydrogen-bond acceptors (Lipinski definition) is 2. The molecular formula is C8H13F3N2O. The van der Waals surface area contributed by atoms with Gasteiger partial charge in [-0.05, 0) is 19.4 Å². The van der Waals surface area contributed by atoms with Gasteiger partial charge in [-0.15, -0.1) is 0 Å². The van der Waals surface area contributed by atoms with Crippen LogP contribution < -0.4 is 10.6 Å². The van der Waals surface area contributed by atoms with E-state index in [1.54, 1.807) is 0 Å². The first-order valence-electron chi connectivity index (χ1n) is 4.54. The molecule has 1 aliphatic heterocycles. The molecule has 0 aromatic carbocycles. The Labute approximate surface area is 80.0 Å². The molecule has 0 aliphatic carbocycles. The molecule has 3 nitrogen and oxygen atoms in total. The summed E-state index contributed by atoms with van der Waals surface area (Å²) in [6, 6.07) is -0.154. The van der Waals surface area contributed by atoms with E-state index in [1.165, 1.54) is 0 Å². The van der Waals surface area contributed by atoms with Crippen LogP contribution in [0.5, 0.6) is 0 Å². The Kier molecular flexibility index (Phi) is 3.74. The summed E-state index contributed by atoms with van der Waals surface area (Å²) >= 11 is 0. The van der Waals surface area contributed by atoms with E-state index >= 15 is 0 Å². The average Bonchev–Trinajstić information content (AvgIpc) is 2.02. The standard InChI is InChI=1S/C8H13F3N2O/c9-8(10,11)4-7(14)13-6-2-1-3-12-5-6/h6,12H,1-5H2,(H,13,14). The molecule has 1 fully saturated rings. The van der Waals surface area contributed by atoms with Crippen molar-refractivity contribution in [1.29, 1.82) is 0 Å². The van der Waals surface area contributed by atoms with Crippen molar-refractivity contribution in [2.75, 3.05) is 13.1 Å². The number of carbonyl (C=O) groups is 1. The quantitative estimate of drug-likeness (QED) is 0.708. The summed E-state index contributed by atoms with van der Waals surface area (Å²) in [6.45, 7) is 1.43. The number of piperidine rings is 1. The Morgan fingerprint density at radius 1 is 1.50 bits per heavy atom. The molecule has 1 atom stereocenters. The number of nitrogens with one attached hydrogen (secondary N) is 2. The van der Waals surface area contributed by atoms with Crippen LogP contribution in [0.15, 0.2) is 0 Å². The van der Waals surface area contributed by atoms with E-state index in [0.29, 0.717) is 6.54 Å². The second-order valence-electron chi connectivity index (χ2n) is 3.40. The molecular weight excluding hydrogens is 197 g/mol. The fourth-order valence-corrected chi connectivity index (χ4v) is 1.44. The number of rotatable bonds is 2. The zero-order valence-electron chi connectivity index (χ0n) is 7.66. The normalized spacial score (nSPS) is 23.2. The van der Waals surface area contributed by atoms with Crippen molar-refractivity contribution in [3.63, 3.8) is 0 Å². The Bertz CT molecular complexity index is 199. The first-order chi connectivity index (χ1) is 6.47. The van der Waals surface area contributed by atoms with Gasteiger partial charge >= 0.3 is 6.18 Å². The molecule has 0 bridgehead atoms. The van der Waals surface area contributed by atoms with Crippen molar-refractivity contribution in [2.24, 2.45) is 0 Å². The molecule has 0 saturated carbocycles. The van der Waals surface area contributed by atoms with E-state index < -0.39 is 18.5 Å². The molecule has 6 heteroatoms. The fraction of sp³-hybridized carbons (Fsp3) is 0.875. The van der Waals surface area contributed by atoms with Gasteiger partial charge in [0, 0.05) is 12.6 Å². The third-order valence-electron chi connectivity index (χ3n) is 2.02. The van der Waals surface area contributed by atoms with Crippen LogP contribution in [0.2, 0.25) is 0 Å². The predicted molar refractivity (Wildman–Crippen MR) is 44.7 cm³/mol. The maximum absolute atomic E-state index is 11.8. The summed E-state index contributed by atoms with van der Waals surface area (Å²) in [6.07, 6.45) is -4.16. The topological polar surface area (TPSA) is 41.1 Å². The molecule has 1 unspecified atom stereocenters. The van der Waals surface area contributed by atoms with Crippen LogP contribution in [0, 0.1) is 0 Å². The molecule has 1 heterocycles. The van der Waals surface area contributed by atoms with Crippen LogP contribution in [0.25, 0.3) is 0 Å². The summed E-state index contributed by atoms with van der Waals surface area (Å²) in [4.78, 5) is 10.9. The summed E-state index contributed by atoms with van der Waals surface area (Å²) in [5, 5.41) is 5.36. The summed E-state index contributed by atoms with van der Waals surface area (Å²) in [7, 11) is 0. The number of hydrogen-bond donors (Lipinski definition) is 2. The van der Waals surface area contributed by atoms with Crippen LogP contribution in [-0.2, 0) is 4.79 Å². The minimum absolute atomic E-state index is 0.154. The van der Waals surface area contributed by atoms with Crippen molar-refractivity contribution < 1.29 is 18.0 Å². The largest absolute Gasteiger partial charge is 0.397 e. The second-order valence-corrected chi connectivity index (χ2v) is 3.40. The molecule has 1 saturated heterocycles. The van der Waals surface area contributed by atoms with E-state index in [-0.39, 0.29) is 6.04 Å². The second kappa shape index (κ2) is 4.63. The lowest BCUT2D eigenvalue weighted by atomic mass is 10.1. The van der Waals surface area contributed by atoms with E-state index in [2.05, 4.69) is 10.6 Å². The van der Waals surface area contributed by atoms with Gasteiger partial charge in [0.2, 0.25) is 5.91 Å². The number of amides is 1. The van der Waals surface area contributed by atoms with Crippen molar-refractivity contribution in [3.05, 3.63) is 0 Å². The first kappa shape index (κ1) is 11.3. The lowest BCUT2D eigenvalue weighted by Gasteiger charge is -2.23. The van der Waals surface area contributed by atoms with Crippen LogP contribution in [0.3, 0.4) is 0 Å². The molecule has 1 rings (SSSR count). The molecule has 1 amide bonds. The van der Waals surface area contributed by atoms with Gasteiger partial charge in [-0.3, -0.25) is 4.79 Å². The van der Waals surface area contributed by atoms with Crippen molar-refractivity contribution in [2.45, 2.75) is 31.5 Å². The number of halogens is 3. The highest BCUT2D eigenvalue weighted by Gasteiger charge is 2.32. The van der Waals surface area contributed by atoms with E-state index in [1.807, 2.05) is 0 Å². The molecule has 0 spiro atoms. The van der Waals surface area contributed by atoms with Gasteiger partial charge in [-0.25, -0.2) is 0 Å². The Morgan fingerprint density at radius 3 is 2.71 bits per heavy atom. The Balaban J connectivity index is 2.25. The molecule has 14 heavy (non-hydrogen) atoms. The van der Waals surface area contributed by atoms with Gasteiger partial charge in [0.1, 0.15) is 6.42 Å². The highest BCUT2D eigenvalue weighted by Crippen LogP contribution is 2.19. The smallest absolute Gasteiger partial charge is 0.352 e. The molecule has 2 N–H and O–H groups in total. The van der Waals surface area contributed by atoms with E-state index in [4.69, 9.17) is 0 Å². The number of alkyl halides is 3. The van der Waals surface area contributed by atoms with Crippen LogP contribution in [0.1, 0.15) is 19.3 Å².